The van der Waals surface area contributed by atoms with Crippen molar-refractivity contribution in [1.82, 2.24) is 9.97 Å². The highest BCUT2D eigenvalue weighted by atomic mass is 32.2. The molecule has 0 spiro atoms. The summed E-state index contributed by atoms with van der Waals surface area (Å²) in [5, 5.41) is 4.00. The number of carbonyl (C=O) groups is 1. The number of hydrogen-bond acceptors (Lipinski definition) is 5. The monoisotopic (exact) mass is 413 g/mol. The van der Waals surface area contributed by atoms with E-state index in [1.165, 1.54) is 24.2 Å². The second-order valence-corrected chi connectivity index (χ2v) is 7.83. The molecule has 0 aliphatic rings. The molecule has 4 nitrogen and oxygen atoms in total. The van der Waals surface area contributed by atoms with Crippen LogP contribution in [0.3, 0.4) is 0 Å². The molecule has 1 amide bonds. The fraction of sp³-hybridized carbons (Fsp3) is 0.0500. The van der Waals surface area contributed by atoms with Gasteiger partial charge in [0.05, 0.1) is 11.4 Å². The van der Waals surface area contributed by atoms with Crippen molar-refractivity contribution in [2.45, 2.75) is 5.03 Å². The van der Waals surface area contributed by atoms with Crippen molar-refractivity contribution < 1.29 is 13.6 Å². The van der Waals surface area contributed by atoms with Gasteiger partial charge in [-0.15, -0.1) is 11.3 Å². The lowest BCUT2D eigenvalue weighted by molar-refractivity contribution is -0.113. The zero-order chi connectivity index (χ0) is 19.5. The van der Waals surface area contributed by atoms with Crippen molar-refractivity contribution >= 4 is 44.9 Å². The molecule has 4 aromatic rings. The van der Waals surface area contributed by atoms with Gasteiger partial charge in [0.15, 0.2) is 0 Å². The van der Waals surface area contributed by atoms with Crippen molar-refractivity contribution in [3.05, 3.63) is 72.6 Å². The van der Waals surface area contributed by atoms with Gasteiger partial charge in [0.2, 0.25) is 5.91 Å². The maximum atomic E-state index is 13.7. The second kappa shape index (κ2) is 8.04. The predicted molar refractivity (Wildman–Crippen MR) is 109 cm³/mol. The summed E-state index contributed by atoms with van der Waals surface area (Å²) in [6.45, 7) is 0. The Morgan fingerprint density at radius 2 is 1.89 bits per heavy atom. The van der Waals surface area contributed by atoms with E-state index in [-0.39, 0.29) is 11.4 Å². The van der Waals surface area contributed by atoms with Gasteiger partial charge in [-0.1, -0.05) is 42.1 Å². The van der Waals surface area contributed by atoms with Crippen LogP contribution in [-0.2, 0) is 4.79 Å². The van der Waals surface area contributed by atoms with Gasteiger partial charge < -0.3 is 5.32 Å². The first-order valence-electron chi connectivity index (χ1n) is 8.28. The zero-order valence-corrected chi connectivity index (χ0v) is 16.0. The molecule has 0 aliphatic carbocycles. The van der Waals surface area contributed by atoms with Gasteiger partial charge in [-0.2, -0.15) is 0 Å². The molecule has 1 N–H and O–H groups in total. The van der Waals surface area contributed by atoms with Crippen LogP contribution < -0.4 is 5.32 Å². The van der Waals surface area contributed by atoms with E-state index in [0.29, 0.717) is 5.03 Å². The van der Waals surface area contributed by atoms with Crippen LogP contribution in [0.4, 0.5) is 14.5 Å². The van der Waals surface area contributed by atoms with Crippen LogP contribution in [0.5, 0.6) is 0 Å². The zero-order valence-electron chi connectivity index (χ0n) is 14.4. The Balaban J connectivity index is 1.50. The fourth-order valence-corrected chi connectivity index (χ4v) is 4.45. The van der Waals surface area contributed by atoms with E-state index in [4.69, 9.17) is 0 Å². The normalized spacial score (nSPS) is 10.9. The topological polar surface area (TPSA) is 54.9 Å². The SMILES string of the molecule is O=C(CSc1ncnc2sc(-c3ccccc3)cc12)Nc1ccc(F)cc1F. The third kappa shape index (κ3) is 4.02. The highest BCUT2D eigenvalue weighted by Gasteiger charge is 2.13. The highest BCUT2D eigenvalue weighted by Crippen LogP contribution is 2.36. The van der Waals surface area contributed by atoms with E-state index in [0.717, 1.165) is 32.8 Å². The Labute approximate surface area is 167 Å². The number of hydrogen-bond donors (Lipinski definition) is 1. The van der Waals surface area contributed by atoms with E-state index in [1.807, 2.05) is 36.4 Å². The molecule has 2 aromatic carbocycles. The summed E-state index contributed by atoms with van der Waals surface area (Å²) in [5.41, 5.74) is 1.03. The molecule has 0 fully saturated rings. The molecule has 140 valence electrons. The Morgan fingerprint density at radius 3 is 2.68 bits per heavy atom. The first-order valence-corrected chi connectivity index (χ1v) is 10.1. The summed E-state index contributed by atoms with van der Waals surface area (Å²) in [6, 6.07) is 15.0. The minimum Gasteiger partial charge on any atom is -0.323 e. The molecule has 0 atom stereocenters. The van der Waals surface area contributed by atoms with E-state index in [2.05, 4.69) is 15.3 Å². The second-order valence-electron chi connectivity index (χ2n) is 5.84. The number of amides is 1. The van der Waals surface area contributed by atoms with Crippen LogP contribution in [0, 0.1) is 11.6 Å². The number of benzene rings is 2. The van der Waals surface area contributed by atoms with Crippen LogP contribution in [-0.4, -0.2) is 21.6 Å². The molecule has 2 heterocycles. The minimum absolute atomic E-state index is 0.0411. The summed E-state index contributed by atoms with van der Waals surface area (Å²) in [7, 11) is 0. The third-order valence-electron chi connectivity index (χ3n) is 3.90. The van der Waals surface area contributed by atoms with Crippen molar-refractivity contribution in [2.75, 3.05) is 11.1 Å². The van der Waals surface area contributed by atoms with Gasteiger partial charge >= 0.3 is 0 Å². The number of thiophene rings is 1. The first-order chi connectivity index (χ1) is 13.6. The highest BCUT2D eigenvalue weighted by molar-refractivity contribution is 8.00. The van der Waals surface area contributed by atoms with Crippen molar-refractivity contribution in [3.63, 3.8) is 0 Å². The van der Waals surface area contributed by atoms with Crippen LogP contribution in [0.15, 0.2) is 66.0 Å². The number of carbonyl (C=O) groups excluding carboxylic acids is 1. The van der Waals surface area contributed by atoms with Crippen molar-refractivity contribution in [2.24, 2.45) is 0 Å². The molecule has 0 aliphatic heterocycles. The van der Waals surface area contributed by atoms with Crippen LogP contribution in [0.2, 0.25) is 0 Å². The number of anilines is 1. The van der Waals surface area contributed by atoms with Gasteiger partial charge in [-0.05, 0) is 23.8 Å². The number of thioether (sulfide) groups is 1. The lowest BCUT2D eigenvalue weighted by Crippen LogP contribution is -2.15. The summed E-state index contributed by atoms with van der Waals surface area (Å²) in [4.78, 5) is 22.6. The van der Waals surface area contributed by atoms with Crippen LogP contribution >= 0.6 is 23.1 Å². The average Bonchev–Trinajstić information content (AvgIpc) is 3.14. The molecular formula is C20H13F2N3OS2. The van der Waals surface area contributed by atoms with E-state index < -0.39 is 17.5 Å². The minimum atomic E-state index is -0.812. The average molecular weight is 413 g/mol. The Kier molecular flexibility index (Phi) is 5.31. The van der Waals surface area contributed by atoms with Crippen LogP contribution in [0.25, 0.3) is 20.7 Å². The largest absolute Gasteiger partial charge is 0.323 e. The van der Waals surface area contributed by atoms with Gasteiger partial charge in [-0.3, -0.25) is 4.79 Å². The number of rotatable bonds is 5. The van der Waals surface area contributed by atoms with Crippen molar-refractivity contribution in [1.29, 1.82) is 0 Å². The maximum absolute atomic E-state index is 13.7. The fourth-order valence-electron chi connectivity index (χ4n) is 2.60. The summed E-state index contributed by atoms with van der Waals surface area (Å²) in [6.07, 6.45) is 1.47. The standard InChI is InChI=1S/C20H13F2N3OS2/c21-13-6-7-16(15(22)8-13)25-18(26)10-27-19-14-9-17(12-4-2-1-3-5-12)28-20(14)24-11-23-19/h1-9,11H,10H2,(H,25,26). The number of halogens is 2. The molecule has 4 rings (SSSR count). The molecule has 28 heavy (non-hydrogen) atoms. The van der Waals surface area contributed by atoms with E-state index in [9.17, 15) is 13.6 Å². The van der Waals surface area contributed by atoms with Gasteiger partial charge in [0.1, 0.15) is 27.8 Å². The van der Waals surface area contributed by atoms with Gasteiger partial charge in [0.25, 0.3) is 0 Å². The van der Waals surface area contributed by atoms with E-state index in [1.54, 1.807) is 11.3 Å². The molecule has 8 heteroatoms. The predicted octanol–water partition coefficient (Wildman–Crippen LogP) is 5.37. The number of nitrogens with one attached hydrogen (secondary N) is 1. The van der Waals surface area contributed by atoms with Gasteiger partial charge in [0, 0.05) is 16.3 Å². The summed E-state index contributed by atoms with van der Waals surface area (Å²) in [5.74, 6) is -1.87. The molecule has 0 saturated carbocycles. The molecule has 0 bridgehead atoms. The van der Waals surface area contributed by atoms with E-state index >= 15 is 0 Å². The van der Waals surface area contributed by atoms with Crippen molar-refractivity contribution in [3.8, 4) is 10.4 Å². The maximum Gasteiger partial charge on any atom is 0.234 e. The Bertz CT molecular complexity index is 1150. The lowest BCUT2D eigenvalue weighted by Gasteiger charge is -2.06. The van der Waals surface area contributed by atoms with Crippen LogP contribution in [0.1, 0.15) is 0 Å². The Hall–Kier alpha value is -2.84. The summed E-state index contributed by atoms with van der Waals surface area (Å²) >= 11 is 2.80. The third-order valence-corrected chi connectivity index (χ3v) is 5.99. The smallest absolute Gasteiger partial charge is 0.234 e. The number of fused-ring (bicyclic) bond motifs is 1. The quantitative estimate of drug-likeness (QED) is 0.353. The molecule has 0 unspecified atom stereocenters. The molecule has 0 radical (unpaired) electrons. The molecule has 2 aromatic heterocycles. The summed E-state index contributed by atoms with van der Waals surface area (Å²) < 4.78 is 26.6. The molecule has 0 saturated heterocycles. The van der Waals surface area contributed by atoms with Gasteiger partial charge in [-0.25, -0.2) is 18.7 Å². The Morgan fingerprint density at radius 1 is 1.07 bits per heavy atom. The lowest BCUT2D eigenvalue weighted by atomic mass is 10.2. The number of aromatic nitrogens is 2. The first kappa shape index (κ1) is 18.5. The molecular weight excluding hydrogens is 400 g/mol. The number of nitrogens with zero attached hydrogens (tertiary/aromatic N) is 2.